The predicted octanol–water partition coefficient (Wildman–Crippen LogP) is 4.12. The Hall–Kier alpha value is -2.55. The maximum Gasteiger partial charge on any atom is 0.133 e. The second kappa shape index (κ2) is 5.02. The Labute approximate surface area is 130 Å². The third-order valence-electron chi connectivity index (χ3n) is 4.22. The van der Waals surface area contributed by atoms with Crippen LogP contribution in [-0.4, -0.2) is 16.3 Å². The van der Waals surface area contributed by atoms with Gasteiger partial charge >= 0.3 is 0 Å². The van der Waals surface area contributed by atoms with E-state index in [4.69, 9.17) is 5.10 Å². The normalized spacial score (nSPS) is 13.0. The molecule has 110 valence electrons. The summed E-state index contributed by atoms with van der Waals surface area (Å²) in [6.07, 6.45) is 1.03. The van der Waals surface area contributed by atoms with E-state index in [1.807, 2.05) is 4.68 Å². The quantitative estimate of drug-likeness (QED) is 0.769. The minimum atomic E-state index is 0.984. The van der Waals surface area contributed by atoms with Crippen molar-refractivity contribution < 1.29 is 0 Å². The third-order valence-corrected chi connectivity index (χ3v) is 4.22. The monoisotopic (exact) mass is 289 g/mol. The van der Waals surface area contributed by atoms with E-state index in [2.05, 4.69) is 67.7 Å². The molecule has 2 heterocycles. The van der Waals surface area contributed by atoms with Gasteiger partial charge in [0.05, 0.1) is 11.4 Å². The lowest BCUT2D eigenvalue weighted by Gasteiger charge is -2.07. The highest BCUT2D eigenvalue weighted by molar-refractivity contribution is 5.73. The summed E-state index contributed by atoms with van der Waals surface area (Å²) in [6, 6.07) is 17.1. The topological polar surface area (TPSA) is 29.9 Å². The van der Waals surface area contributed by atoms with Crippen LogP contribution >= 0.6 is 0 Å². The molecule has 3 nitrogen and oxygen atoms in total. The van der Waals surface area contributed by atoms with Gasteiger partial charge in [-0.1, -0.05) is 42.0 Å². The molecule has 0 amide bonds. The van der Waals surface area contributed by atoms with Crippen LogP contribution in [-0.2, 0) is 6.42 Å². The van der Waals surface area contributed by atoms with Crippen LogP contribution in [0.2, 0.25) is 0 Å². The van der Waals surface area contributed by atoms with Crippen molar-refractivity contribution >= 4 is 5.82 Å². The molecule has 0 bridgehead atoms. The Kier molecular flexibility index (Phi) is 3.00. The number of fused-ring (bicyclic) bond motifs is 1. The number of nitrogens with zero attached hydrogens (tertiary/aromatic N) is 2. The van der Waals surface area contributed by atoms with Crippen molar-refractivity contribution in [1.82, 2.24) is 9.78 Å². The number of rotatable bonds is 2. The summed E-state index contributed by atoms with van der Waals surface area (Å²) >= 11 is 0. The number of nitrogens with one attached hydrogen (secondary N) is 1. The molecule has 1 aliphatic rings. The minimum Gasteiger partial charge on any atom is -0.369 e. The molecule has 0 atom stereocenters. The zero-order valence-corrected chi connectivity index (χ0v) is 12.9. The summed E-state index contributed by atoms with van der Waals surface area (Å²) in [4.78, 5) is 0. The fourth-order valence-corrected chi connectivity index (χ4v) is 3.06. The smallest absolute Gasteiger partial charge is 0.133 e. The van der Waals surface area contributed by atoms with Crippen molar-refractivity contribution in [2.75, 3.05) is 11.9 Å². The Morgan fingerprint density at radius 2 is 1.82 bits per heavy atom. The van der Waals surface area contributed by atoms with Crippen molar-refractivity contribution in [2.45, 2.75) is 20.3 Å². The average Bonchev–Trinajstić information content (AvgIpc) is 3.10. The Bertz CT molecular complexity index is 828. The van der Waals surface area contributed by atoms with Gasteiger partial charge in [-0.2, -0.15) is 5.10 Å². The lowest BCUT2D eigenvalue weighted by atomic mass is 10.1. The van der Waals surface area contributed by atoms with Gasteiger partial charge < -0.3 is 5.32 Å². The van der Waals surface area contributed by atoms with E-state index in [1.165, 1.54) is 22.3 Å². The van der Waals surface area contributed by atoms with Crippen LogP contribution in [0.3, 0.4) is 0 Å². The van der Waals surface area contributed by atoms with Gasteiger partial charge in [-0.15, -0.1) is 0 Å². The lowest BCUT2D eigenvalue weighted by Crippen LogP contribution is -2.04. The molecular formula is C19H19N3. The van der Waals surface area contributed by atoms with Gasteiger partial charge in [0.25, 0.3) is 0 Å². The Morgan fingerprint density at radius 1 is 1.00 bits per heavy atom. The zero-order chi connectivity index (χ0) is 15.1. The van der Waals surface area contributed by atoms with Crippen molar-refractivity contribution in [3.63, 3.8) is 0 Å². The number of hydrogen-bond donors (Lipinski definition) is 1. The molecule has 4 rings (SSSR count). The summed E-state index contributed by atoms with van der Waals surface area (Å²) in [5.74, 6) is 1.14. The number of anilines is 1. The third kappa shape index (κ3) is 2.10. The Balaban J connectivity index is 1.88. The van der Waals surface area contributed by atoms with E-state index >= 15 is 0 Å². The molecule has 0 saturated heterocycles. The van der Waals surface area contributed by atoms with Crippen LogP contribution in [0.15, 0.2) is 48.5 Å². The number of hydrogen-bond acceptors (Lipinski definition) is 2. The molecule has 3 aromatic rings. The molecule has 0 fully saturated rings. The van der Waals surface area contributed by atoms with Gasteiger partial charge in [-0.05, 0) is 38.0 Å². The molecule has 3 heteroatoms. The highest BCUT2D eigenvalue weighted by Crippen LogP contribution is 2.34. The lowest BCUT2D eigenvalue weighted by molar-refractivity contribution is 0.881. The van der Waals surface area contributed by atoms with Crippen LogP contribution in [0.25, 0.3) is 16.9 Å². The fourth-order valence-electron chi connectivity index (χ4n) is 3.06. The molecule has 1 N–H and O–H groups in total. The molecule has 1 aliphatic heterocycles. The standard InChI is InChI=1S/C19H19N3/c1-13-6-8-15(9-7-13)18-17-10-11-20-19(17)22(21-18)16-5-3-4-14(2)12-16/h3-9,12,20H,10-11H2,1-2H3. The van der Waals surface area contributed by atoms with Crippen LogP contribution in [0.5, 0.6) is 0 Å². The van der Waals surface area contributed by atoms with Crippen molar-refractivity contribution in [1.29, 1.82) is 0 Å². The van der Waals surface area contributed by atoms with E-state index in [0.717, 1.165) is 30.2 Å². The molecule has 0 unspecified atom stereocenters. The predicted molar refractivity (Wildman–Crippen MR) is 90.7 cm³/mol. The van der Waals surface area contributed by atoms with E-state index in [-0.39, 0.29) is 0 Å². The van der Waals surface area contributed by atoms with Crippen LogP contribution in [0.1, 0.15) is 16.7 Å². The Morgan fingerprint density at radius 3 is 2.59 bits per heavy atom. The average molecular weight is 289 g/mol. The van der Waals surface area contributed by atoms with Crippen molar-refractivity contribution in [2.24, 2.45) is 0 Å². The maximum atomic E-state index is 4.90. The van der Waals surface area contributed by atoms with Gasteiger partial charge in [0.15, 0.2) is 0 Å². The number of benzene rings is 2. The van der Waals surface area contributed by atoms with Gasteiger partial charge in [-0.3, -0.25) is 0 Å². The summed E-state index contributed by atoms with van der Waals surface area (Å²) in [5.41, 5.74) is 7.25. The largest absolute Gasteiger partial charge is 0.369 e. The first-order valence-electron chi connectivity index (χ1n) is 7.72. The molecule has 0 radical (unpaired) electrons. The zero-order valence-electron chi connectivity index (χ0n) is 12.9. The molecule has 0 spiro atoms. The highest BCUT2D eigenvalue weighted by atomic mass is 15.3. The van der Waals surface area contributed by atoms with E-state index in [9.17, 15) is 0 Å². The molecule has 2 aromatic carbocycles. The second-order valence-electron chi connectivity index (χ2n) is 5.97. The van der Waals surface area contributed by atoms with E-state index in [0.29, 0.717) is 0 Å². The van der Waals surface area contributed by atoms with Crippen molar-refractivity contribution in [3.8, 4) is 16.9 Å². The molecule has 22 heavy (non-hydrogen) atoms. The van der Waals surface area contributed by atoms with Crippen LogP contribution in [0, 0.1) is 13.8 Å². The SMILES string of the molecule is Cc1ccc(-c2nn(-c3cccc(C)c3)c3c2CCN3)cc1. The molecular weight excluding hydrogens is 270 g/mol. The van der Waals surface area contributed by atoms with Crippen LogP contribution < -0.4 is 5.32 Å². The summed E-state index contributed by atoms with van der Waals surface area (Å²) in [5, 5.41) is 8.39. The van der Waals surface area contributed by atoms with Crippen molar-refractivity contribution in [3.05, 3.63) is 65.2 Å². The summed E-state index contributed by atoms with van der Waals surface area (Å²) in [6.45, 7) is 5.21. The van der Waals surface area contributed by atoms with Gasteiger partial charge in [0.1, 0.15) is 5.82 Å². The number of aromatic nitrogens is 2. The van der Waals surface area contributed by atoms with E-state index in [1.54, 1.807) is 0 Å². The summed E-state index contributed by atoms with van der Waals surface area (Å²) in [7, 11) is 0. The first kappa shape index (κ1) is 13.1. The van der Waals surface area contributed by atoms with Gasteiger partial charge in [0, 0.05) is 17.7 Å². The highest BCUT2D eigenvalue weighted by Gasteiger charge is 2.23. The minimum absolute atomic E-state index is 0.984. The summed E-state index contributed by atoms with van der Waals surface area (Å²) < 4.78 is 2.05. The van der Waals surface area contributed by atoms with Gasteiger partial charge in [-0.25, -0.2) is 4.68 Å². The maximum absolute atomic E-state index is 4.90. The first-order valence-corrected chi connectivity index (χ1v) is 7.72. The fraction of sp³-hybridized carbons (Fsp3) is 0.211. The van der Waals surface area contributed by atoms with Gasteiger partial charge in [0.2, 0.25) is 0 Å². The molecule has 1 aromatic heterocycles. The first-order chi connectivity index (χ1) is 10.7. The second-order valence-corrected chi connectivity index (χ2v) is 5.97. The van der Waals surface area contributed by atoms with Crippen LogP contribution in [0.4, 0.5) is 5.82 Å². The molecule has 0 saturated carbocycles. The molecule has 0 aliphatic carbocycles. The van der Waals surface area contributed by atoms with E-state index < -0.39 is 0 Å². The number of aryl methyl sites for hydroxylation is 2.